The fraction of sp³-hybridized carbons (Fsp3) is 0.647. The molecule has 3 aliphatic heterocycles. The second-order valence-electron chi connectivity index (χ2n) is 7.65. The molecule has 3 amide bonds. The number of urea groups is 1. The zero-order valence-electron chi connectivity index (χ0n) is 15.8. The van der Waals surface area contributed by atoms with Crippen LogP contribution in [-0.2, 0) is 31.8 Å². The van der Waals surface area contributed by atoms with Gasteiger partial charge in [-0.3, -0.25) is 9.63 Å². The van der Waals surface area contributed by atoms with E-state index in [1.165, 1.54) is 4.90 Å². The molecule has 3 aliphatic rings. The predicted octanol–water partition coefficient (Wildman–Crippen LogP) is -0.492. The van der Waals surface area contributed by atoms with Crippen LogP contribution in [0.5, 0.6) is 0 Å². The molecule has 4 heterocycles. The molecule has 2 bridgehead atoms. The van der Waals surface area contributed by atoms with Crippen molar-refractivity contribution in [3.05, 3.63) is 24.5 Å². The lowest BCUT2D eigenvalue weighted by Crippen LogP contribution is -2.50. The van der Waals surface area contributed by atoms with Crippen LogP contribution in [0.2, 0.25) is 0 Å². The summed E-state index contributed by atoms with van der Waals surface area (Å²) in [5.41, 5.74) is 2.44. The van der Waals surface area contributed by atoms with E-state index in [4.69, 9.17) is 4.84 Å². The van der Waals surface area contributed by atoms with Gasteiger partial charge < -0.3 is 19.3 Å². The number of carbonyl (C=O) groups excluding carboxylic acids is 2. The average molecular weight is 426 g/mol. The van der Waals surface area contributed by atoms with Crippen LogP contribution >= 0.6 is 0 Å². The molecular weight excluding hydrogens is 402 g/mol. The molecule has 1 aromatic heterocycles. The molecule has 0 aliphatic carbocycles. The third kappa shape index (κ3) is 4.61. The minimum absolute atomic E-state index is 0.149. The van der Waals surface area contributed by atoms with Gasteiger partial charge in [0.15, 0.2) is 0 Å². The van der Waals surface area contributed by atoms with Crippen LogP contribution in [0.15, 0.2) is 24.5 Å². The van der Waals surface area contributed by atoms with Gasteiger partial charge in [0.25, 0.3) is 5.91 Å². The van der Waals surface area contributed by atoms with Crippen molar-refractivity contribution in [1.82, 2.24) is 25.3 Å². The highest BCUT2D eigenvalue weighted by Crippen LogP contribution is 2.30. The summed E-state index contributed by atoms with van der Waals surface area (Å²) in [4.78, 5) is 31.5. The average Bonchev–Trinajstić information content (AvgIpc) is 3.41. The molecule has 11 nitrogen and oxygen atoms in total. The van der Waals surface area contributed by atoms with Crippen molar-refractivity contribution in [3.8, 4) is 0 Å². The van der Waals surface area contributed by atoms with Crippen molar-refractivity contribution in [3.63, 3.8) is 0 Å². The maximum Gasteiger partial charge on any atom is 0.346 e. The fourth-order valence-electron chi connectivity index (χ4n) is 4.31. The summed E-state index contributed by atoms with van der Waals surface area (Å²) in [5.74, 6) is 0.0885. The van der Waals surface area contributed by atoms with Gasteiger partial charge in [0.2, 0.25) is 0 Å². The first-order chi connectivity index (χ1) is 14.0. The monoisotopic (exact) mass is 426 g/mol. The maximum absolute atomic E-state index is 12.5. The van der Waals surface area contributed by atoms with Gasteiger partial charge >= 0.3 is 6.03 Å². The molecule has 3 fully saturated rings. The highest BCUT2D eigenvalue weighted by Gasteiger charge is 2.48. The summed E-state index contributed by atoms with van der Waals surface area (Å²) in [6, 6.07) is 2.46. The lowest BCUT2D eigenvalue weighted by Gasteiger charge is -2.29. The number of hydrogen-bond acceptors (Lipinski definition) is 7. The van der Waals surface area contributed by atoms with E-state index < -0.39 is 29.3 Å². The number of amides is 3. The molecule has 0 radical (unpaired) electrons. The van der Waals surface area contributed by atoms with Crippen molar-refractivity contribution in [1.29, 1.82) is 0 Å². The summed E-state index contributed by atoms with van der Waals surface area (Å²) < 4.78 is 28.2. The third-order valence-electron chi connectivity index (χ3n) is 5.67. The van der Waals surface area contributed by atoms with E-state index in [1.807, 2.05) is 24.5 Å². The second-order valence-corrected chi connectivity index (χ2v) is 8.21. The minimum Gasteiger partial charge on any atom is -0.748 e. The van der Waals surface area contributed by atoms with Crippen molar-refractivity contribution < 1.29 is 27.5 Å². The van der Waals surface area contributed by atoms with E-state index >= 15 is 0 Å². The molecule has 3 saturated heterocycles. The van der Waals surface area contributed by atoms with Crippen LogP contribution < -0.4 is 10.8 Å². The van der Waals surface area contributed by atoms with Gasteiger partial charge in [-0.25, -0.2) is 14.5 Å². The van der Waals surface area contributed by atoms with Crippen LogP contribution in [0.3, 0.4) is 0 Å². The van der Waals surface area contributed by atoms with Gasteiger partial charge in [-0.1, -0.05) is 0 Å². The van der Waals surface area contributed by atoms with Gasteiger partial charge in [0.05, 0.1) is 12.6 Å². The predicted molar refractivity (Wildman–Crippen MR) is 99.2 cm³/mol. The Hall–Kier alpha value is -1.99. The van der Waals surface area contributed by atoms with Crippen molar-refractivity contribution >= 4 is 23.3 Å². The molecule has 0 saturated carbocycles. The Morgan fingerprint density at radius 2 is 2.14 bits per heavy atom. The van der Waals surface area contributed by atoms with E-state index in [9.17, 15) is 18.4 Å². The summed E-state index contributed by atoms with van der Waals surface area (Å²) >= 11 is -2.83. The van der Waals surface area contributed by atoms with Gasteiger partial charge in [-0.05, 0) is 37.3 Å². The standard InChI is InChI=1S/C17H25N5O6S/c23-16(15-4-3-14-10-21(15)17(24)22(14)28-29(25)26)19-27-11-13-7-12(8-18-13)9-20-5-1-2-6-20/h1-2,5-6,12-15,18H,3-4,7-11H2,(H,19,23)(H,25,26)/p-1/t12-,13+,14?,15?/m0/s1. The van der Waals surface area contributed by atoms with E-state index in [2.05, 4.69) is 19.6 Å². The largest absolute Gasteiger partial charge is 0.748 e. The minimum atomic E-state index is -2.83. The highest BCUT2D eigenvalue weighted by molar-refractivity contribution is 7.74. The summed E-state index contributed by atoms with van der Waals surface area (Å²) in [6.07, 6.45) is 5.92. The quantitative estimate of drug-likeness (QED) is 0.424. The van der Waals surface area contributed by atoms with Crippen molar-refractivity contribution in [2.45, 2.75) is 43.9 Å². The van der Waals surface area contributed by atoms with Crippen LogP contribution in [0.4, 0.5) is 4.79 Å². The Kier molecular flexibility index (Phi) is 6.15. The van der Waals surface area contributed by atoms with Crippen LogP contribution in [-0.4, -0.2) is 73.1 Å². The zero-order chi connectivity index (χ0) is 20.4. The number of hydroxylamine groups is 3. The van der Waals surface area contributed by atoms with Gasteiger partial charge in [0.1, 0.15) is 17.4 Å². The lowest BCUT2D eigenvalue weighted by atomic mass is 10.0. The zero-order valence-corrected chi connectivity index (χ0v) is 16.6. The first kappa shape index (κ1) is 20.3. The Balaban J connectivity index is 1.20. The Morgan fingerprint density at radius 3 is 2.90 bits per heavy atom. The number of aromatic nitrogens is 1. The number of carbonyl (C=O) groups is 2. The number of nitrogens with one attached hydrogen (secondary N) is 2. The van der Waals surface area contributed by atoms with Gasteiger partial charge in [0, 0.05) is 38.1 Å². The molecule has 4 rings (SSSR count). The van der Waals surface area contributed by atoms with Gasteiger partial charge in [-0.15, -0.1) is 0 Å². The first-order valence-electron chi connectivity index (χ1n) is 9.64. The summed E-state index contributed by atoms with van der Waals surface area (Å²) in [6.45, 7) is 2.42. The fourth-order valence-corrected chi connectivity index (χ4v) is 4.62. The molecular formula is C17H24N5O6S-. The molecule has 3 unspecified atom stereocenters. The smallest absolute Gasteiger partial charge is 0.346 e. The van der Waals surface area contributed by atoms with Crippen LogP contribution in [0.1, 0.15) is 19.3 Å². The molecule has 1 aromatic rings. The van der Waals surface area contributed by atoms with E-state index in [1.54, 1.807) is 0 Å². The normalized spacial score (nSPS) is 30.0. The van der Waals surface area contributed by atoms with Crippen molar-refractivity contribution in [2.75, 3.05) is 19.7 Å². The van der Waals surface area contributed by atoms with E-state index in [0.717, 1.165) is 24.6 Å². The SMILES string of the molecule is O=C(NOC[C@H]1C[C@H](Cn2cccc2)CN1)C1CCC2CN1C(=O)N2OS(=O)[O-]. The van der Waals surface area contributed by atoms with Crippen LogP contribution in [0.25, 0.3) is 0 Å². The highest BCUT2D eigenvalue weighted by atomic mass is 32.2. The number of hydrogen-bond donors (Lipinski definition) is 2. The molecule has 29 heavy (non-hydrogen) atoms. The first-order valence-corrected chi connectivity index (χ1v) is 10.6. The molecule has 0 aromatic carbocycles. The number of piperidine rings is 1. The second kappa shape index (κ2) is 8.79. The molecule has 160 valence electrons. The Morgan fingerprint density at radius 1 is 1.34 bits per heavy atom. The Labute approximate surface area is 170 Å². The maximum atomic E-state index is 12.5. The summed E-state index contributed by atoms with van der Waals surface area (Å²) in [5, 5.41) is 4.22. The van der Waals surface area contributed by atoms with E-state index in [-0.39, 0.29) is 18.6 Å². The lowest BCUT2D eigenvalue weighted by molar-refractivity contribution is -0.139. The topological polar surface area (TPSA) is 128 Å². The molecule has 2 N–H and O–H groups in total. The summed E-state index contributed by atoms with van der Waals surface area (Å²) in [7, 11) is 0. The van der Waals surface area contributed by atoms with E-state index in [0.29, 0.717) is 25.4 Å². The number of nitrogens with zero attached hydrogens (tertiary/aromatic N) is 3. The number of fused-ring (bicyclic) bond motifs is 2. The van der Waals surface area contributed by atoms with Gasteiger partial charge in [-0.2, -0.15) is 9.35 Å². The third-order valence-corrected chi connectivity index (χ3v) is 5.95. The van der Waals surface area contributed by atoms with Crippen molar-refractivity contribution in [2.24, 2.45) is 5.92 Å². The molecule has 5 atom stereocenters. The number of rotatable bonds is 8. The van der Waals surface area contributed by atoms with Crippen LogP contribution in [0, 0.1) is 5.92 Å². The molecule has 0 spiro atoms. The Bertz CT molecular complexity index is 762. The molecule has 12 heteroatoms.